The summed E-state index contributed by atoms with van der Waals surface area (Å²) < 4.78 is 5.90. The zero-order valence-corrected chi connectivity index (χ0v) is 16.7. The van der Waals surface area contributed by atoms with Crippen LogP contribution < -0.4 is 10.1 Å². The number of pyridine rings is 1. The number of fused-ring (bicyclic) bond motifs is 1. The average molecular weight is 386 g/mol. The fourth-order valence-corrected chi connectivity index (χ4v) is 3.73. The molecular formula is C25H26N2O2. The maximum absolute atomic E-state index is 12.5. The number of amides is 1. The predicted octanol–water partition coefficient (Wildman–Crippen LogP) is 4.96. The molecule has 0 aliphatic heterocycles. The van der Waals surface area contributed by atoms with E-state index in [1.54, 1.807) is 19.3 Å². The van der Waals surface area contributed by atoms with Gasteiger partial charge in [0.05, 0.1) is 0 Å². The third-order valence-corrected chi connectivity index (χ3v) is 5.38. The van der Waals surface area contributed by atoms with Gasteiger partial charge in [-0.15, -0.1) is 0 Å². The van der Waals surface area contributed by atoms with Gasteiger partial charge >= 0.3 is 0 Å². The van der Waals surface area contributed by atoms with Gasteiger partial charge in [-0.3, -0.25) is 9.78 Å². The average Bonchev–Trinajstić information content (AvgIpc) is 2.76. The molecule has 1 N–H and O–H groups in total. The highest BCUT2D eigenvalue weighted by molar-refractivity contribution is 5.94. The summed E-state index contributed by atoms with van der Waals surface area (Å²) >= 11 is 0. The maximum Gasteiger partial charge on any atom is 0.265 e. The van der Waals surface area contributed by atoms with Crippen molar-refractivity contribution >= 4 is 11.6 Å². The molecule has 0 radical (unpaired) electrons. The van der Waals surface area contributed by atoms with Gasteiger partial charge < -0.3 is 10.1 Å². The lowest BCUT2D eigenvalue weighted by Gasteiger charge is -2.19. The Kier molecular flexibility index (Phi) is 5.89. The van der Waals surface area contributed by atoms with Crippen LogP contribution in [0.5, 0.6) is 5.75 Å². The second-order valence-electron chi connectivity index (χ2n) is 7.62. The highest BCUT2D eigenvalue weighted by Crippen LogP contribution is 2.26. The highest BCUT2D eigenvalue weighted by Gasteiger charge is 2.16. The summed E-state index contributed by atoms with van der Waals surface area (Å²) in [6.45, 7) is 1.78. The van der Waals surface area contributed by atoms with Gasteiger partial charge in [0.1, 0.15) is 5.75 Å². The fraction of sp³-hybridized carbons (Fsp3) is 0.280. The van der Waals surface area contributed by atoms with Gasteiger partial charge in [0.2, 0.25) is 0 Å². The molecule has 2 aromatic carbocycles. The number of rotatable bonds is 6. The Morgan fingerprint density at radius 2 is 1.66 bits per heavy atom. The molecular weight excluding hydrogens is 360 g/mol. The number of nitrogens with one attached hydrogen (secondary N) is 1. The van der Waals surface area contributed by atoms with Crippen molar-refractivity contribution < 1.29 is 9.53 Å². The van der Waals surface area contributed by atoms with Crippen LogP contribution >= 0.6 is 0 Å². The minimum atomic E-state index is -0.562. The van der Waals surface area contributed by atoms with Crippen molar-refractivity contribution in [2.75, 3.05) is 5.32 Å². The van der Waals surface area contributed by atoms with E-state index in [1.165, 1.54) is 35.1 Å². The van der Waals surface area contributed by atoms with Crippen molar-refractivity contribution in [1.29, 1.82) is 0 Å². The Labute approximate surface area is 172 Å². The quantitative estimate of drug-likeness (QED) is 0.652. The van der Waals surface area contributed by atoms with Gasteiger partial charge in [-0.05, 0) is 97.7 Å². The van der Waals surface area contributed by atoms with Gasteiger partial charge in [-0.1, -0.05) is 18.2 Å². The molecule has 4 rings (SSSR count). The summed E-state index contributed by atoms with van der Waals surface area (Å²) in [5, 5.41) is 2.94. The van der Waals surface area contributed by atoms with Crippen LogP contribution in [-0.4, -0.2) is 17.0 Å². The van der Waals surface area contributed by atoms with Crippen LogP contribution in [0.2, 0.25) is 0 Å². The van der Waals surface area contributed by atoms with Crippen molar-refractivity contribution in [1.82, 2.24) is 4.98 Å². The number of nitrogens with zero attached hydrogens (tertiary/aromatic N) is 1. The lowest BCUT2D eigenvalue weighted by Crippen LogP contribution is -2.30. The normalized spacial score (nSPS) is 14.0. The first kappa shape index (κ1) is 19.2. The first-order chi connectivity index (χ1) is 14.2. The van der Waals surface area contributed by atoms with Crippen molar-refractivity contribution in [3.8, 4) is 5.75 Å². The maximum atomic E-state index is 12.5. The largest absolute Gasteiger partial charge is 0.481 e. The number of hydrogen-bond donors (Lipinski definition) is 1. The van der Waals surface area contributed by atoms with Crippen LogP contribution in [-0.2, 0) is 24.1 Å². The molecule has 1 aliphatic rings. The lowest BCUT2D eigenvalue weighted by atomic mass is 9.92. The smallest absolute Gasteiger partial charge is 0.265 e. The molecule has 1 atom stereocenters. The second-order valence-corrected chi connectivity index (χ2v) is 7.62. The van der Waals surface area contributed by atoms with E-state index >= 15 is 0 Å². The van der Waals surface area contributed by atoms with E-state index in [4.69, 9.17) is 4.74 Å². The summed E-state index contributed by atoms with van der Waals surface area (Å²) in [7, 11) is 0. The number of carbonyl (C=O) groups is 1. The van der Waals surface area contributed by atoms with Crippen LogP contribution in [0.3, 0.4) is 0 Å². The first-order valence-electron chi connectivity index (χ1n) is 10.2. The summed E-state index contributed by atoms with van der Waals surface area (Å²) in [6.07, 6.45) is 8.60. The molecule has 1 aliphatic carbocycles. The van der Waals surface area contributed by atoms with Gasteiger partial charge in [0, 0.05) is 18.1 Å². The zero-order valence-electron chi connectivity index (χ0n) is 16.7. The monoisotopic (exact) mass is 386 g/mol. The van der Waals surface area contributed by atoms with Crippen LogP contribution in [0, 0.1) is 0 Å². The van der Waals surface area contributed by atoms with Crippen LogP contribution in [0.4, 0.5) is 5.69 Å². The first-order valence-corrected chi connectivity index (χ1v) is 10.2. The van der Waals surface area contributed by atoms with E-state index in [0.29, 0.717) is 0 Å². The van der Waals surface area contributed by atoms with Crippen molar-refractivity contribution in [3.05, 3.63) is 89.2 Å². The van der Waals surface area contributed by atoms with E-state index in [9.17, 15) is 4.79 Å². The predicted molar refractivity (Wildman–Crippen MR) is 115 cm³/mol. The van der Waals surface area contributed by atoms with Gasteiger partial charge in [0.25, 0.3) is 5.91 Å². The molecule has 3 aromatic rings. The number of aryl methyl sites for hydroxylation is 2. The molecule has 0 saturated carbocycles. The standard InChI is InChI=1S/C25H26N2O2/c1-18(29-24-11-8-21-4-2-3-5-22(21)17-24)25(28)27-23-9-6-19(7-10-23)16-20-12-14-26-15-13-20/h6-15,17-18H,2-5,16H2,1H3,(H,27,28). The van der Waals surface area contributed by atoms with E-state index in [-0.39, 0.29) is 5.91 Å². The molecule has 1 heterocycles. The Balaban J connectivity index is 1.33. The molecule has 1 unspecified atom stereocenters. The van der Waals surface area contributed by atoms with E-state index < -0.39 is 6.10 Å². The minimum absolute atomic E-state index is 0.149. The van der Waals surface area contributed by atoms with Crippen LogP contribution in [0.25, 0.3) is 0 Å². The second kappa shape index (κ2) is 8.91. The third kappa shape index (κ3) is 5.02. The SMILES string of the molecule is CC(Oc1ccc2c(c1)CCCC2)C(=O)Nc1ccc(Cc2ccncc2)cc1. The number of hydrogen-bond acceptors (Lipinski definition) is 3. The molecule has 0 spiro atoms. The molecule has 148 valence electrons. The fourth-order valence-electron chi connectivity index (χ4n) is 3.73. The summed E-state index contributed by atoms with van der Waals surface area (Å²) in [5.41, 5.74) is 5.93. The van der Waals surface area contributed by atoms with Gasteiger partial charge in [-0.25, -0.2) is 0 Å². The van der Waals surface area contributed by atoms with E-state index in [0.717, 1.165) is 30.7 Å². The number of carbonyl (C=O) groups excluding carboxylic acids is 1. The van der Waals surface area contributed by atoms with Crippen LogP contribution in [0.1, 0.15) is 42.0 Å². The zero-order chi connectivity index (χ0) is 20.1. The summed E-state index contributed by atoms with van der Waals surface area (Å²) in [5.74, 6) is 0.616. The van der Waals surface area contributed by atoms with Gasteiger partial charge in [0.15, 0.2) is 6.10 Å². The van der Waals surface area contributed by atoms with E-state index in [2.05, 4.69) is 22.4 Å². The molecule has 1 amide bonds. The molecule has 0 bridgehead atoms. The van der Waals surface area contributed by atoms with Gasteiger partial charge in [-0.2, -0.15) is 0 Å². The Bertz CT molecular complexity index is 968. The molecule has 29 heavy (non-hydrogen) atoms. The summed E-state index contributed by atoms with van der Waals surface area (Å²) in [6, 6.07) is 18.1. The van der Waals surface area contributed by atoms with Crippen molar-refractivity contribution in [2.45, 2.75) is 45.1 Å². The molecule has 1 aromatic heterocycles. The topological polar surface area (TPSA) is 51.2 Å². The Morgan fingerprint density at radius 3 is 2.41 bits per heavy atom. The van der Waals surface area contributed by atoms with Crippen LogP contribution in [0.15, 0.2) is 67.0 Å². The highest BCUT2D eigenvalue weighted by atomic mass is 16.5. The number of anilines is 1. The Morgan fingerprint density at radius 1 is 0.966 bits per heavy atom. The minimum Gasteiger partial charge on any atom is -0.481 e. The van der Waals surface area contributed by atoms with Crippen molar-refractivity contribution in [3.63, 3.8) is 0 Å². The Hall–Kier alpha value is -3.14. The number of ether oxygens (including phenoxy) is 1. The summed E-state index contributed by atoms with van der Waals surface area (Å²) in [4.78, 5) is 16.6. The molecule has 0 saturated heterocycles. The lowest BCUT2D eigenvalue weighted by molar-refractivity contribution is -0.122. The third-order valence-electron chi connectivity index (χ3n) is 5.38. The van der Waals surface area contributed by atoms with E-state index in [1.807, 2.05) is 42.5 Å². The number of aromatic nitrogens is 1. The molecule has 4 nitrogen and oxygen atoms in total. The molecule has 0 fully saturated rings. The van der Waals surface area contributed by atoms with Crippen molar-refractivity contribution in [2.24, 2.45) is 0 Å². The molecule has 4 heteroatoms. The number of benzene rings is 2.